The van der Waals surface area contributed by atoms with Crippen LogP contribution in [0.2, 0.25) is 0 Å². The molecule has 0 fully saturated rings. The Kier molecular flexibility index (Phi) is 39.1. The van der Waals surface area contributed by atoms with Gasteiger partial charge in [0.25, 0.3) is 0 Å². The Hall–Kier alpha value is -1.95. The predicted octanol–water partition coefficient (Wildman–Crippen LogP) is 4.71. The van der Waals surface area contributed by atoms with Gasteiger partial charge in [0.2, 0.25) is 0 Å². The van der Waals surface area contributed by atoms with E-state index in [1.165, 1.54) is 57.6 Å². The fraction of sp³-hybridized carbons (Fsp3) is 0.825. The molecule has 1 aromatic carbocycles. The lowest BCUT2D eigenvalue weighted by Gasteiger charge is -2.09. The minimum Gasteiger partial charge on any atom is -0.491 e. The standard InChI is InChI=1S/C40H72O14/c1-3-4-5-6-7-8-9-10-38-11-13-39(14-12-38)54-36-35-52-32-31-50-28-27-48-24-23-46-20-19-44-16-15-43-17-18-45-21-22-47-25-26-49-29-30-51-33-34-53-37-40(41)42-2/h11-14H,3-10,15-37H2,1-2H3. The van der Waals surface area contributed by atoms with Crippen molar-refractivity contribution in [1.29, 1.82) is 0 Å². The van der Waals surface area contributed by atoms with E-state index < -0.39 is 5.97 Å². The summed E-state index contributed by atoms with van der Waals surface area (Å²) in [5.74, 6) is 0.475. The van der Waals surface area contributed by atoms with Crippen molar-refractivity contribution in [3.8, 4) is 5.75 Å². The number of unbranched alkanes of at least 4 members (excludes halogenated alkanes) is 6. The van der Waals surface area contributed by atoms with Crippen molar-refractivity contribution in [2.45, 2.75) is 58.3 Å². The van der Waals surface area contributed by atoms with Gasteiger partial charge < -0.3 is 61.6 Å². The molecule has 0 bridgehead atoms. The highest BCUT2D eigenvalue weighted by atomic mass is 16.6. The second kappa shape index (κ2) is 42.2. The summed E-state index contributed by atoms with van der Waals surface area (Å²) in [6.45, 7) is 12.9. The summed E-state index contributed by atoms with van der Waals surface area (Å²) in [6, 6.07) is 8.44. The number of esters is 1. The number of ether oxygens (including phenoxy) is 13. The average molecular weight is 777 g/mol. The van der Waals surface area contributed by atoms with E-state index in [0.717, 1.165) is 12.2 Å². The Morgan fingerprint density at radius 2 is 0.722 bits per heavy atom. The molecule has 0 radical (unpaired) electrons. The molecule has 0 atom stereocenters. The molecule has 14 nitrogen and oxygen atoms in total. The maximum absolute atomic E-state index is 10.9. The van der Waals surface area contributed by atoms with Crippen LogP contribution < -0.4 is 4.74 Å². The normalized spacial score (nSPS) is 11.4. The van der Waals surface area contributed by atoms with Crippen LogP contribution >= 0.6 is 0 Å². The van der Waals surface area contributed by atoms with Crippen LogP contribution in [0.3, 0.4) is 0 Å². The molecule has 0 aliphatic carbocycles. The van der Waals surface area contributed by atoms with Gasteiger partial charge in [0.15, 0.2) is 0 Å². The van der Waals surface area contributed by atoms with Gasteiger partial charge in [-0.25, -0.2) is 4.79 Å². The van der Waals surface area contributed by atoms with Crippen molar-refractivity contribution in [2.24, 2.45) is 0 Å². The Morgan fingerprint density at radius 3 is 1.07 bits per heavy atom. The summed E-state index contributed by atoms with van der Waals surface area (Å²) < 4.78 is 70.2. The molecule has 0 saturated heterocycles. The molecule has 0 spiro atoms. The molecule has 0 unspecified atom stereocenters. The van der Waals surface area contributed by atoms with Crippen LogP contribution in [0.15, 0.2) is 24.3 Å². The zero-order valence-electron chi connectivity index (χ0n) is 33.4. The van der Waals surface area contributed by atoms with Crippen LogP contribution in [-0.4, -0.2) is 165 Å². The van der Waals surface area contributed by atoms with E-state index in [0.29, 0.717) is 145 Å². The van der Waals surface area contributed by atoms with Gasteiger partial charge in [-0.3, -0.25) is 0 Å². The quantitative estimate of drug-likeness (QED) is 0.0668. The van der Waals surface area contributed by atoms with E-state index >= 15 is 0 Å². The molecule has 0 aromatic heterocycles. The van der Waals surface area contributed by atoms with Crippen LogP contribution in [0.25, 0.3) is 0 Å². The highest BCUT2D eigenvalue weighted by Gasteiger charge is 2.01. The summed E-state index contributed by atoms with van der Waals surface area (Å²) in [4.78, 5) is 10.9. The first kappa shape index (κ1) is 50.1. The van der Waals surface area contributed by atoms with Gasteiger partial charge in [-0.05, 0) is 30.5 Å². The van der Waals surface area contributed by atoms with E-state index in [4.69, 9.17) is 56.8 Å². The minimum atomic E-state index is -0.407. The Balaban J connectivity index is 1.68. The number of benzene rings is 1. The van der Waals surface area contributed by atoms with Gasteiger partial charge in [0.1, 0.15) is 19.0 Å². The van der Waals surface area contributed by atoms with Crippen LogP contribution in [-0.2, 0) is 68.1 Å². The number of methoxy groups -OCH3 is 1. The summed E-state index contributed by atoms with van der Waals surface area (Å²) in [5, 5.41) is 0. The fourth-order valence-corrected chi connectivity index (χ4v) is 4.67. The Morgan fingerprint density at radius 1 is 0.407 bits per heavy atom. The first-order chi connectivity index (χ1) is 26.8. The summed E-state index contributed by atoms with van der Waals surface area (Å²) in [6.07, 6.45) is 10.5. The third kappa shape index (κ3) is 37.0. The van der Waals surface area contributed by atoms with E-state index in [9.17, 15) is 4.79 Å². The minimum absolute atomic E-state index is 0.0707. The number of rotatable bonds is 44. The molecule has 1 rings (SSSR count). The molecular formula is C40H72O14. The summed E-state index contributed by atoms with van der Waals surface area (Å²) >= 11 is 0. The van der Waals surface area contributed by atoms with E-state index in [1.807, 2.05) is 0 Å². The predicted molar refractivity (Wildman–Crippen MR) is 205 cm³/mol. The van der Waals surface area contributed by atoms with Gasteiger partial charge in [0.05, 0.1) is 146 Å². The maximum atomic E-state index is 10.9. The molecule has 0 N–H and O–H groups in total. The van der Waals surface area contributed by atoms with Gasteiger partial charge in [-0.15, -0.1) is 0 Å². The van der Waals surface area contributed by atoms with E-state index in [2.05, 4.69) is 35.9 Å². The maximum Gasteiger partial charge on any atom is 0.331 e. The van der Waals surface area contributed by atoms with Crippen molar-refractivity contribution in [1.82, 2.24) is 0 Å². The average Bonchev–Trinajstić information content (AvgIpc) is 3.19. The summed E-state index contributed by atoms with van der Waals surface area (Å²) in [5.41, 5.74) is 1.38. The zero-order chi connectivity index (χ0) is 38.7. The molecule has 1 aromatic rings. The second-order valence-corrected chi connectivity index (χ2v) is 12.1. The van der Waals surface area contributed by atoms with Crippen molar-refractivity contribution < 1.29 is 66.4 Å². The zero-order valence-corrected chi connectivity index (χ0v) is 33.4. The molecule has 14 heteroatoms. The largest absolute Gasteiger partial charge is 0.491 e. The number of hydrogen-bond acceptors (Lipinski definition) is 14. The highest BCUT2D eigenvalue weighted by molar-refractivity contribution is 5.70. The van der Waals surface area contributed by atoms with Crippen LogP contribution in [0, 0.1) is 0 Å². The molecule has 0 aliphatic heterocycles. The van der Waals surface area contributed by atoms with Crippen molar-refractivity contribution in [3.05, 3.63) is 29.8 Å². The Labute approximate surface area is 324 Å². The third-order valence-electron chi connectivity index (χ3n) is 7.66. The topological polar surface area (TPSA) is 137 Å². The van der Waals surface area contributed by atoms with Gasteiger partial charge in [-0.2, -0.15) is 0 Å². The lowest BCUT2D eigenvalue weighted by atomic mass is 10.0. The van der Waals surface area contributed by atoms with E-state index in [-0.39, 0.29) is 6.61 Å². The summed E-state index contributed by atoms with van der Waals surface area (Å²) in [7, 11) is 1.32. The molecular weight excluding hydrogens is 704 g/mol. The van der Waals surface area contributed by atoms with Crippen LogP contribution in [0.1, 0.15) is 57.4 Å². The number of carbonyl (C=O) groups excluding carboxylic acids is 1. The molecule has 0 amide bonds. The smallest absolute Gasteiger partial charge is 0.331 e. The molecule has 316 valence electrons. The number of hydrogen-bond donors (Lipinski definition) is 0. The highest BCUT2D eigenvalue weighted by Crippen LogP contribution is 2.15. The van der Waals surface area contributed by atoms with Crippen LogP contribution in [0.4, 0.5) is 0 Å². The van der Waals surface area contributed by atoms with Gasteiger partial charge in [0, 0.05) is 0 Å². The lowest BCUT2D eigenvalue weighted by molar-refractivity contribution is -0.146. The lowest BCUT2D eigenvalue weighted by Crippen LogP contribution is -2.16. The van der Waals surface area contributed by atoms with Gasteiger partial charge >= 0.3 is 5.97 Å². The molecule has 54 heavy (non-hydrogen) atoms. The van der Waals surface area contributed by atoms with Crippen molar-refractivity contribution >= 4 is 5.97 Å². The first-order valence-corrected chi connectivity index (χ1v) is 19.9. The first-order valence-electron chi connectivity index (χ1n) is 19.9. The second-order valence-electron chi connectivity index (χ2n) is 12.1. The molecule has 0 saturated carbocycles. The Bertz CT molecular complexity index is 892. The fourth-order valence-electron chi connectivity index (χ4n) is 4.67. The van der Waals surface area contributed by atoms with Crippen molar-refractivity contribution in [3.63, 3.8) is 0 Å². The number of aryl methyl sites for hydroxylation is 1. The van der Waals surface area contributed by atoms with Crippen LogP contribution in [0.5, 0.6) is 5.75 Å². The van der Waals surface area contributed by atoms with E-state index in [1.54, 1.807) is 0 Å². The van der Waals surface area contributed by atoms with Crippen molar-refractivity contribution in [2.75, 3.05) is 159 Å². The molecule has 0 heterocycles. The number of carbonyl (C=O) groups is 1. The third-order valence-corrected chi connectivity index (χ3v) is 7.66. The SMILES string of the molecule is CCCCCCCCCc1ccc(OCCOCCOCCOCCOCCOCCOCCOCCOCCOCCOCCOCC(=O)OC)cc1. The van der Waals surface area contributed by atoms with Gasteiger partial charge in [-0.1, -0.05) is 57.6 Å². The monoisotopic (exact) mass is 776 g/mol. The molecule has 0 aliphatic rings.